The van der Waals surface area contributed by atoms with Crippen LogP contribution in [-0.4, -0.2) is 55.4 Å². The fourth-order valence-electron chi connectivity index (χ4n) is 4.24. The van der Waals surface area contributed by atoms with Crippen LogP contribution in [0.2, 0.25) is 0 Å². The van der Waals surface area contributed by atoms with E-state index in [4.69, 9.17) is 11.0 Å². The quantitative estimate of drug-likeness (QED) is 0.700. The third-order valence-electron chi connectivity index (χ3n) is 5.52. The molecule has 0 aromatic carbocycles. The van der Waals surface area contributed by atoms with Gasteiger partial charge in [0, 0.05) is 49.6 Å². The molecular formula is C18H24N8. The minimum Gasteiger partial charge on any atom is -0.346 e. The number of hydrogen-bond donors (Lipinski definition) is 2. The van der Waals surface area contributed by atoms with E-state index in [0.717, 1.165) is 61.0 Å². The minimum atomic E-state index is 0.417. The molecule has 136 valence electrons. The van der Waals surface area contributed by atoms with Gasteiger partial charge in [0.05, 0.1) is 11.8 Å². The zero-order valence-corrected chi connectivity index (χ0v) is 14.8. The first-order chi connectivity index (χ1) is 12.8. The zero-order valence-electron chi connectivity index (χ0n) is 14.8. The SMILES string of the molecule is N#CCCN(CCN)C1CCC(c2nnn3cnc4[nH]ccc4c23)CC1. The fourth-order valence-corrected chi connectivity index (χ4v) is 4.24. The van der Waals surface area contributed by atoms with Gasteiger partial charge in [-0.05, 0) is 31.7 Å². The van der Waals surface area contributed by atoms with Crippen LogP contribution < -0.4 is 5.73 Å². The predicted molar refractivity (Wildman–Crippen MR) is 98.5 cm³/mol. The molecule has 3 aromatic rings. The second-order valence-electron chi connectivity index (χ2n) is 6.99. The summed E-state index contributed by atoms with van der Waals surface area (Å²) >= 11 is 0. The molecule has 0 aliphatic heterocycles. The average molecular weight is 352 g/mol. The zero-order chi connectivity index (χ0) is 17.9. The molecule has 0 spiro atoms. The van der Waals surface area contributed by atoms with Crippen LogP contribution in [0.3, 0.4) is 0 Å². The number of fused-ring (bicyclic) bond motifs is 3. The highest BCUT2D eigenvalue weighted by Gasteiger charge is 2.29. The highest BCUT2D eigenvalue weighted by Crippen LogP contribution is 2.36. The van der Waals surface area contributed by atoms with Crippen LogP contribution in [0.5, 0.6) is 0 Å². The molecule has 26 heavy (non-hydrogen) atoms. The maximum Gasteiger partial charge on any atom is 0.141 e. The van der Waals surface area contributed by atoms with Gasteiger partial charge in [0.15, 0.2) is 0 Å². The molecule has 0 radical (unpaired) electrons. The molecule has 3 heterocycles. The Morgan fingerprint density at radius 2 is 2.15 bits per heavy atom. The van der Waals surface area contributed by atoms with E-state index in [1.54, 1.807) is 10.8 Å². The van der Waals surface area contributed by atoms with Crippen LogP contribution in [0.15, 0.2) is 18.6 Å². The van der Waals surface area contributed by atoms with Crippen molar-refractivity contribution in [2.75, 3.05) is 19.6 Å². The first kappa shape index (κ1) is 16.9. The summed E-state index contributed by atoms with van der Waals surface area (Å²) in [7, 11) is 0. The van der Waals surface area contributed by atoms with Gasteiger partial charge in [-0.1, -0.05) is 5.21 Å². The Bertz CT molecular complexity index is 912. The summed E-state index contributed by atoms with van der Waals surface area (Å²) in [5.74, 6) is 0.417. The monoisotopic (exact) mass is 352 g/mol. The first-order valence-corrected chi connectivity index (χ1v) is 9.30. The lowest BCUT2D eigenvalue weighted by Gasteiger charge is -2.36. The van der Waals surface area contributed by atoms with Crippen LogP contribution in [0.4, 0.5) is 0 Å². The molecule has 0 atom stereocenters. The largest absolute Gasteiger partial charge is 0.346 e. The van der Waals surface area contributed by atoms with E-state index in [1.165, 1.54) is 0 Å². The molecule has 1 fully saturated rings. The van der Waals surface area contributed by atoms with E-state index in [-0.39, 0.29) is 0 Å². The molecule has 0 saturated heterocycles. The van der Waals surface area contributed by atoms with Crippen LogP contribution in [-0.2, 0) is 0 Å². The van der Waals surface area contributed by atoms with E-state index >= 15 is 0 Å². The molecule has 4 rings (SSSR count). The fraction of sp³-hybridized carbons (Fsp3) is 0.556. The van der Waals surface area contributed by atoms with E-state index < -0.39 is 0 Å². The van der Waals surface area contributed by atoms with Crippen LogP contribution in [0.1, 0.15) is 43.7 Å². The molecule has 8 heteroatoms. The average Bonchev–Trinajstić information content (AvgIpc) is 3.31. The highest BCUT2D eigenvalue weighted by atomic mass is 15.4. The lowest BCUT2D eigenvalue weighted by molar-refractivity contribution is 0.155. The molecule has 8 nitrogen and oxygen atoms in total. The van der Waals surface area contributed by atoms with Gasteiger partial charge >= 0.3 is 0 Å². The van der Waals surface area contributed by atoms with Crippen molar-refractivity contribution in [3.63, 3.8) is 0 Å². The smallest absolute Gasteiger partial charge is 0.141 e. The van der Waals surface area contributed by atoms with Gasteiger partial charge in [0.1, 0.15) is 17.5 Å². The number of nitrogens with one attached hydrogen (secondary N) is 1. The van der Waals surface area contributed by atoms with Gasteiger partial charge in [0.25, 0.3) is 0 Å². The number of H-pyrrole nitrogens is 1. The van der Waals surface area contributed by atoms with Gasteiger partial charge in [-0.15, -0.1) is 5.10 Å². The molecule has 3 aromatic heterocycles. The standard InChI is InChI=1S/C18H24N8/c19-7-1-10-25(11-8-20)14-4-2-13(3-5-14)16-17-15-6-9-21-18(15)22-12-26(17)24-23-16/h6,9,12-14,21H,1-5,8,10-11,20H2. The van der Waals surface area contributed by atoms with Gasteiger partial charge in [-0.2, -0.15) is 5.26 Å². The van der Waals surface area contributed by atoms with Crippen molar-refractivity contribution >= 4 is 16.6 Å². The summed E-state index contributed by atoms with van der Waals surface area (Å²) in [4.78, 5) is 9.92. The van der Waals surface area contributed by atoms with Crippen LogP contribution >= 0.6 is 0 Å². The van der Waals surface area contributed by atoms with Crippen LogP contribution in [0, 0.1) is 11.3 Å². The third-order valence-corrected chi connectivity index (χ3v) is 5.52. The number of nitrogens with two attached hydrogens (primary N) is 1. The molecule has 0 unspecified atom stereocenters. The Labute approximate surface area is 152 Å². The van der Waals surface area contributed by atoms with Crippen molar-refractivity contribution in [1.29, 1.82) is 5.26 Å². The van der Waals surface area contributed by atoms with Gasteiger partial charge in [0.2, 0.25) is 0 Å². The van der Waals surface area contributed by atoms with E-state index in [9.17, 15) is 0 Å². The Balaban J connectivity index is 1.52. The normalized spacial score (nSPS) is 20.8. The van der Waals surface area contributed by atoms with Gasteiger partial charge in [-0.25, -0.2) is 9.50 Å². The Kier molecular flexibility index (Phi) is 4.82. The number of hydrogen-bond acceptors (Lipinski definition) is 6. The van der Waals surface area contributed by atoms with Crippen molar-refractivity contribution in [3.05, 3.63) is 24.3 Å². The molecular weight excluding hydrogens is 328 g/mol. The summed E-state index contributed by atoms with van der Waals surface area (Å²) in [6, 6.07) is 4.80. The van der Waals surface area contributed by atoms with E-state index in [2.05, 4.69) is 31.2 Å². The molecule has 1 aliphatic rings. The number of aromatic nitrogens is 5. The summed E-state index contributed by atoms with van der Waals surface area (Å²) in [5.41, 5.74) is 8.79. The van der Waals surface area contributed by atoms with Crippen molar-refractivity contribution < 1.29 is 0 Å². The number of aromatic amines is 1. The summed E-state index contributed by atoms with van der Waals surface area (Å²) in [6.45, 7) is 2.31. The molecule has 3 N–H and O–H groups in total. The Morgan fingerprint density at radius 1 is 1.31 bits per heavy atom. The minimum absolute atomic E-state index is 0.417. The molecule has 0 amide bonds. The topological polar surface area (TPSA) is 112 Å². The Morgan fingerprint density at radius 3 is 2.92 bits per heavy atom. The van der Waals surface area contributed by atoms with E-state index in [0.29, 0.717) is 24.9 Å². The third kappa shape index (κ3) is 3.04. The van der Waals surface area contributed by atoms with Gasteiger partial charge in [-0.3, -0.25) is 4.90 Å². The van der Waals surface area contributed by atoms with Crippen molar-refractivity contribution in [3.8, 4) is 6.07 Å². The molecule has 1 aliphatic carbocycles. The first-order valence-electron chi connectivity index (χ1n) is 9.30. The summed E-state index contributed by atoms with van der Waals surface area (Å²) in [6.07, 6.45) is 8.58. The predicted octanol–water partition coefficient (Wildman–Crippen LogP) is 1.81. The van der Waals surface area contributed by atoms with Crippen molar-refractivity contribution in [1.82, 2.24) is 29.7 Å². The second-order valence-corrected chi connectivity index (χ2v) is 6.99. The van der Waals surface area contributed by atoms with E-state index in [1.807, 2.05) is 12.3 Å². The maximum atomic E-state index is 8.89. The summed E-state index contributed by atoms with van der Waals surface area (Å²) < 4.78 is 1.78. The van der Waals surface area contributed by atoms with Crippen LogP contribution in [0.25, 0.3) is 16.6 Å². The summed E-state index contributed by atoms with van der Waals surface area (Å²) in [5, 5.41) is 18.7. The maximum absolute atomic E-state index is 8.89. The van der Waals surface area contributed by atoms with Gasteiger partial charge < -0.3 is 10.7 Å². The lowest BCUT2D eigenvalue weighted by atomic mass is 9.83. The Hall–Kier alpha value is -2.50. The van der Waals surface area contributed by atoms with Crippen molar-refractivity contribution in [2.24, 2.45) is 5.73 Å². The highest BCUT2D eigenvalue weighted by molar-refractivity contribution is 5.92. The molecule has 0 bridgehead atoms. The van der Waals surface area contributed by atoms with Crippen molar-refractivity contribution in [2.45, 2.75) is 44.1 Å². The number of nitriles is 1. The second kappa shape index (κ2) is 7.40. The number of nitrogens with zero attached hydrogens (tertiary/aromatic N) is 6. The molecule has 1 saturated carbocycles. The lowest BCUT2D eigenvalue weighted by Crippen LogP contribution is -2.41. The number of rotatable bonds is 6.